The lowest BCUT2D eigenvalue weighted by Gasteiger charge is -2.12. The molecule has 0 aliphatic heterocycles. The molecule has 0 spiro atoms. The number of rotatable bonds is 4. The number of hydrogen-bond acceptors (Lipinski definition) is 4. The number of carbonyl (C=O) groups excluding carboxylic acids is 2. The predicted octanol–water partition coefficient (Wildman–Crippen LogP) is 2.68. The van der Waals surface area contributed by atoms with Gasteiger partial charge < -0.3 is 15.1 Å². The van der Waals surface area contributed by atoms with Crippen LogP contribution in [-0.2, 0) is 0 Å². The molecule has 0 aliphatic carbocycles. The van der Waals surface area contributed by atoms with Gasteiger partial charge in [-0.3, -0.25) is 9.59 Å². The fourth-order valence-corrected chi connectivity index (χ4v) is 1.95. The number of carbonyl (C=O) groups is 2. The molecule has 2 amide bonds. The standard InChI is InChI=1S/C16H19N3O3/c1-9(2)18-15(20)12-6-5-10(3)13(7-12)19-16(21)14-11(4)22-8-17-14/h5-9H,1-4H3,(H,18,20)(H,19,21). The molecule has 1 aromatic carbocycles. The summed E-state index contributed by atoms with van der Waals surface area (Å²) in [7, 11) is 0. The van der Waals surface area contributed by atoms with Crippen LogP contribution in [0.3, 0.4) is 0 Å². The van der Waals surface area contributed by atoms with E-state index in [1.54, 1.807) is 25.1 Å². The van der Waals surface area contributed by atoms with Crippen LogP contribution in [0.15, 0.2) is 29.0 Å². The Labute approximate surface area is 128 Å². The summed E-state index contributed by atoms with van der Waals surface area (Å²) in [5.74, 6) is -0.0947. The first-order valence-electron chi connectivity index (χ1n) is 7.01. The van der Waals surface area contributed by atoms with E-state index >= 15 is 0 Å². The van der Waals surface area contributed by atoms with E-state index in [4.69, 9.17) is 4.42 Å². The van der Waals surface area contributed by atoms with Crippen LogP contribution >= 0.6 is 0 Å². The van der Waals surface area contributed by atoms with Crippen LogP contribution in [0.4, 0.5) is 5.69 Å². The maximum atomic E-state index is 12.2. The van der Waals surface area contributed by atoms with Crippen LogP contribution in [0.1, 0.15) is 46.0 Å². The highest BCUT2D eigenvalue weighted by Gasteiger charge is 2.16. The summed E-state index contributed by atoms with van der Waals surface area (Å²) in [5.41, 5.74) is 2.15. The Hall–Kier alpha value is -2.63. The molecule has 0 saturated heterocycles. The number of aryl methyl sites for hydroxylation is 2. The predicted molar refractivity (Wildman–Crippen MR) is 83.0 cm³/mol. The lowest BCUT2D eigenvalue weighted by molar-refractivity contribution is 0.0941. The Kier molecular flexibility index (Phi) is 4.60. The number of amides is 2. The monoisotopic (exact) mass is 301 g/mol. The summed E-state index contributed by atoms with van der Waals surface area (Å²) in [5, 5.41) is 5.58. The van der Waals surface area contributed by atoms with Gasteiger partial charge in [0.15, 0.2) is 12.1 Å². The van der Waals surface area contributed by atoms with Crippen molar-refractivity contribution in [1.29, 1.82) is 0 Å². The molecular weight excluding hydrogens is 282 g/mol. The van der Waals surface area contributed by atoms with Gasteiger partial charge in [-0.15, -0.1) is 0 Å². The number of nitrogens with one attached hydrogen (secondary N) is 2. The van der Waals surface area contributed by atoms with E-state index in [0.29, 0.717) is 17.0 Å². The molecule has 2 aromatic rings. The van der Waals surface area contributed by atoms with Gasteiger partial charge in [-0.1, -0.05) is 6.07 Å². The van der Waals surface area contributed by atoms with Crippen LogP contribution in [0.5, 0.6) is 0 Å². The van der Waals surface area contributed by atoms with E-state index in [9.17, 15) is 9.59 Å². The van der Waals surface area contributed by atoms with Gasteiger partial charge in [-0.25, -0.2) is 4.98 Å². The third-order valence-electron chi connectivity index (χ3n) is 3.13. The van der Waals surface area contributed by atoms with Crippen molar-refractivity contribution in [3.8, 4) is 0 Å². The lowest BCUT2D eigenvalue weighted by Crippen LogP contribution is -2.30. The Morgan fingerprint density at radius 2 is 1.91 bits per heavy atom. The van der Waals surface area contributed by atoms with Gasteiger partial charge in [-0.05, 0) is 45.4 Å². The number of hydrogen-bond donors (Lipinski definition) is 2. The molecule has 116 valence electrons. The Bertz CT molecular complexity index is 704. The van der Waals surface area contributed by atoms with Crippen molar-refractivity contribution in [3.63, 3.8) is 0 Å². The van der Waals surface area contributed by atoms with Crippen molar-refractivity contribution in [2.75, 3.05) is 5.32 Å². The summed E-state index contributed by atoms with van der Waals surface area (Å²) < 4.78 is 5.02. The molecule has 6 heteroatoms. The zero-order valence-corrected chi connectivity index (χ0v) is 13.1. The fourth-order valence-electron chi connectivity index (χ4n) is 1.95. The molecule has 6 nitrogen and oxygen atoms in total. The van der Waals surface area contributed by atoms with Crippen molar-refractivity contribution < 1.29 is 14.0 Å². The first-order valence-corrected chi connectivity index (χ1v) is 7.01. The molecular formula is C16H19N3O3. The van der Waals surface area contributed by atoms with Gasteiger partial charge in [0.2, 0.25) is 0 Å². The van der Waals surface area contributed by atoms with Gasteiger partial charge in [0.25, 0.3) is 11.8 Å². The minimum Gasteiger partial charge on any atom is -0.448 e. The van der Waals surface area contributed by atoms with Gasteiger partial charge in [-0.2, -0.15) is 0 Å². The van der Waals surface area contributed by atoms with Crippen LogP contribution in [0.25, 0.3) is 0 Å². The molecule has 0 saturated carbocycles. The summed E-state index contributed by atoms with van der Waals surface area (Å²) in [6, 6.07) is 5.22. The van der Waals surface area contributed by atoms with Crippen LogP contribution in [0.2, 0.25) is 0 Å². The maximum absolute atomic E-state index is 12.2. The van der Waals surface area contributed by atoms with E-state index in [-0.39, 0.29) is 23.6 Å². The molecule has 0 atom stereocenters. The minimum atomic E-state index is -0.365. The zero-order chi connectivity index (χ0) is 16.3. The van der Waals surface area contributed by atoms with Crippen LogP contribution in [-0.4, -0.2) is 22.8 Å². The summed E-state index contributed by atoms with van der Waals surface area (Å²) in [6.07, 6.45) is 1.23. The SMILES string of the molecule is Cc1ccc(C(=O)NC(C)C)cc1NC(=O)c1ncoc1C. The van der Waals surface area contributed by atoms with Crippen molar-refractivity contribution in [2.45, 2.75) is 33.7 Å². The van der Waals surface area contributed by atoms with Crippen molar-refractivity contribution in [3.05, 3.63) is 47.2 Å². The molecule has 0 radical (unpaired) electrons. The van der Waals surface area contributed by atoms with Gasteiger partial charge in [0.1, 0.15) is 5.76 Å². The van der Waals surface area contributed by atoms with Gasteiger partial charge in [0, 0.05) is 17.3 Å². The van der Waals surface area contributed by atoms with E-state index < -0.39 is 0 Å². The first-order chi connectivity index (χ1) is 10.4. The minimum absolute atomic E-state index is 0.0459. The molecule has 2 rings (SSSR count). The second-order valence-electron chi connectivity index (χ2n) is 5.37. The second kappa shape index (κ2) is 6.43. The quantitative estimate of drug-likeness (QED) is 0.909. The Morgan fingerprint density at radius 3 is 2.50 bits per heavy atom. The third-order valence-corrected chi connectivity index (χ3v) is 3.13. The number of nitrogens with zero attached hydrogens (tertiary/aromatic N) is 1. The zero-order valence-electron chi connectivity index (χ0n) is 13.1. The lowest BCUT2D eigenvalue weighted by atomic mass is 10.1. The van der Waals surface area contributed by atoms with Crippen molar-refractivity contribution in [1.82, 2.24) is 10.3 Å². The van der Waals surface area contributed by atoms with Gasteiger partial charge >= 0.3 is 0 Å². The third kappa shape index (κ3) is 3.52. The number of benzene rings is 1. The highest BCUT2D eigenvalue weighted by molar-refractivity contribution is 6.04. The first kappa shape index (κ1) is 15.8. The molecule has 22 heavy (non-hydrogen) atoms. The molecule has 1 aromatic heterocycles. The highest BCUT2D eigenvalue weighted by atomic mass is 16.3. The van der Waals surface area contributed by atoms with Crippen LogP contribution in [0, 0.1) is 13.8 Å². The number of anilines is 1. The largest absolute Gasteiger partial charge is 0.448 e. The number of oxazole rings is 1. The van der Waals surface area contributed by atoms with E-state index in [1.807, 2.05) is 20.8 Å². The summed E-state index contributed by atoms with van der Waals surface area (Å²) in [4.78, 5) is 28.1. The second-order valence-corrected chi connectivity index (χ2v) is 5.37. The molecule has 1 heterocycles. The molecule has 0 unspecified atom stereocenters. The maximum Gasteiger partial charge on any atom is 0.277 e. The van der Waals surface area contributed by atoms with Crippen molar-refractivity contribution in [2.24, 2.45) is 0 Å². The van der Waals surface area contributed by atoms with E-state index in [1.165, 1.54) is 6.39 Å². The molecule has 0 bridgehead atoms. The Balaban J connectivity index is 2.22. The topological polar surface area (TPSA) is 84.2 Å². The number of aromatic nitrogens is 1. The van der Waals surface area contributed by atoms with E-state index in [0.717, 1.165) is 5.56 Å². The fraction of sp³-hybridized carbons (Fsp3) is 0.312. The van der Waals surface area contributed by atoms with Gasteiger partial charge in [0.05, 0.1) is 0 Å². The van der Waals surface area contributed by atoms with Crippen molar-refractivity contribution >= 4 is 17.5 Å². The molecule has 0 aliphatic rings. The average Bonchev–Trinajstić information content (AvgIpc) is 2.86. The van der Waals surface area contributed by atoms with E-state index in [2.05, 4.69) is 15.6 Å². The van der Waals surface area contributed by atoms with Crippen LogP contribution < -0.4 is 10.6 Å². The average molecular weight is 301 g/mol. The Morgan fingerprint density at radius 1 is 1.18 bits per heavy atom. The smallest absolute Gasteiger partial charge is 0.277 e. The summed E-state index contributed by atoms with van der Waals surface area (Å²) >= 11 is 0. The summed E-state index contributed by atoms with van der Waals surface area (Å²) in [6.45, 7) is 7.31. The normalized spacial score (nSPS) is 10.6. The molecule has 0 fully saturated rings. The molecule has 2 N–H and O–H groups in total. The highest BCUT2D eigenvalue weighted by Crippen LogP contribution is 2.18.